The molecule has 2 unspecified atom stereocenters. The third-order valence-corrected chi connectivity index (χ3v) is 7.61. The van der Waals surface area contributed by atoms with Gasteiger partial charge in [-0.2, -0.15) is 0 Å². The van der Waals surface area contributed by atoms with E-state index in [1.54, 1.807) is 11.1 Å². The summed E-state index contributed by atoms with van der Waals surface area (Å²) < 4.78 is 1.49. The first-order valence-corrected chi connectivity index (χ1v) is 10.2. The maximum absolute atomic E-state index is 2.43. The fourth-order valence-electron chi connectivity index (χ4n) is 4.90. The van der Waals surface area contributed by atoms with Gasteiger partial charge in [0.15, 0.2) is 0 Å². The zero-order chi connectivity index (χ0) is 16.0. The fraction of sp³-hybridized carbons (Fsp3) is 0.182. The van der Waals surface area contributed by atoms with Gasteiger partial charge in [0.1, 0.15) is 0 Å². The summed E-state index contributed by atoms with van der Waals surface area (Å²) in [6, 6.07) is 4.66. The minimum absolute atomic E-state index is 0.493. The molecule has 2 heterocycles. The van der Waals surface area contributed by atoms with E-state index >= 15 is 0 Å². The third-order valence-electron chi connectivity index (χ3n) is 5.68. The van der Waals surface area contributed by atoms with E-state index in [0.717, 1.165) is 0 Å². The molecule has 116 valence electrons. The molecule has 2 heteroatoms. The molecule has 0 saturated heterocycles. The highest BCUT2D eigenvalue weighted by Gasteiger charge is 2.44. The van der Waals surface area contributed by atoms with Crippen LogP contribution >= 0.6 is 22.7 Å². The van der Waals surface area contributed by atoms with Gasteiger partial charge in [0.05, 0.1) is 0 Å². The third kappa shape index (κ3) is 1.49. The lowest BCUT2D eigenvalue weighted by Crippen LogP contribution is -2.40. The van der Waals surface area contributed by atoms with Crippen LogP contribution in [0, 0.1) is 11.8 Å². The zero-order valence-corrected chi connectivity index (χ0v) is 15.2. The summed E-state index contributed by atoms with van der Waals surface area (Å²) in [7, 11) is 0. The smallest absolute Gasteiger partial charge is 0.0384 e. The zero-order valence-electron chi connectivity index (χ0n) is 13.6. The van der Waals surface area contributed by atoms with E-state index in [2.05, 4.69) is 61.0 Å². The molecule has 4 aliphatic carbocycles. The first kappa shape index (κ1) is 13.4. The van der Waals surface area contributed by atoms with Crippen molar-refractivity contribution in [2.75, 3.05) is 0 Å². The first-order valence-electron chi connectivity index (χ1n) is 8.42. The van der Waals surface area contributed by atoms with Gasteiger partial charge in [-0.3, -0.25) is 0 Å². The van der Waals surface area contributed by atoms with E-state index in [0.29, 0.717) is 11.8 Å². The maximum Gasteiger partial charge on any atom is 0.0384 e. The second-order valence-electron chi connectivity index (χ2n) is 7.17. The van der Waals surface area contributed by atoms with Gasteiger partial charge in [0, 0.05) is 21.2 Å². The van der Waals surface area contributed by atoms with Crippen LogP contribution in [-0.2, 0) is 0 Å². The predicted octanol–water partition coefficient (Wildman–Crippen LogP) is 4.76. The molecule has 0 saturated carbocycles. The van der Waals surface area contributed by atoms with Crippen molar-refractivity contribution in [2.45, 2.75) is 13.8 Å². The van der Waals surface area contributed by atoms with Crippen molar-refractivity contribution in [3.05, 3.63) is 78.5 Å². The van der Waals surface area contributed by atoms with Crippen LogP contribution < -0.4 is 9.75 Å². The van der Waals surface area contributed by atoms with Gasteiger partial charge in [-0.1, -0.05) is 35.5 Å². The molecule has 2 aromatic rings. The molecule has 0 aromatic carbocycles. The van der Waals surface area contributed by atoms with E-state index in [-0.39, 0.29) is 0 Å². The molecule has 0 bridgehead atoms. The Morgan fingerprint density at radius 2 is 1.46 bits per heavy atom. The Morgan fingerprint density at radius 3 is 2.33 bits per heavy atom. The van der Waals surface area contributed by atoms with Crippen molar-refractivity contribution in [1.82, 2.24) is 0 Å². The Kier molecular flexibility index (Phi) is 2.45. The topological polar surface area (TPSA) is 0 Å². The molecule has 0 N–H and O–H groups in total. The standard InChI is InChI=1S/C22H16S2/c1-11-7-15-13-3-5-24-22(13)18-10-12(2)8-16-14-4-6-23-21(14)17(9-11)19(15)20(16)18/h3-10,19-20H,1-2H3. The van der Waals surface area contributed by atoms with E-state index in [9.17, 15) is 0 Å². The average Bonchev–Trinajstić information content (AvgIpc) is 3.23. The summed E-state index contributed by atoms with van der Waals surface area (Å²) in [6.45, 7) is 4.48. The van der Waals surface area contributed by atoms with Gasteiger partial charge >= 0.3 is 0 Å². The quantitative estimate of drug-likeness (QED) is 0.646. The normalized spacial score (nSPS) is 25.9. The van der Waals surface area contributed by atoms with Gasteiger partial charge in [-0.25, -0.2) is 0 Å². The van der Waals surface area contributed by atoms with Crippen LogP contribution in [0.3, 0.4) is 0 Å². The number of allylic oxidation sites excluding steroid dienone is 8. The molecule has 2 aromatic heterocycles. The van der Waals surface area contributed by atoms with Gasteiger partial charge in [0.2, 0.25) is 0 Å². The molecular formula is C22H16S2. The van der Waals surface area contributed by atoms with Crippen LogP contribution in [0.4, 0.5) is 0 Å². The van der Waals surface area contributed by atoms with E-state index in [1.807, 2.05) is 22.7 Å². The molecule has 2 atom stereocenters. The van der Waals surface area contributed by atoms with E-state index in [1.165, 1.54) is 42.5 Å². The largest absolute Gasteiger partial charge is 0.143 e. The molecule has 6 rings (SSSR count). The monoisotopic (exact) mass is 344 g/mol. The Balaban J connectivity index is 1.87. The molecule has 0 fully saturated rings. The van der Waals surface area contributed by atoms with Gasteiger partial charge in [-0.15, -0.1) is 22.7 Å². The highest BCUT2D eigenvalue weighted by Crippen LogP contribution is 2.57. The Bertz CT molecular complexity index is 1080. The minimum atomic E-state index is 0.493. The maximum atomic E-state index is 2.43. The summed E-state index contributed by atoms with van der Waals surface area (Å²) in [5.41, 5.74) is 10.4. The highest BCUT2D eigenvalue weighted by molar-refractivity contribution is 7.11. The summed E-state index contributed by atoms with van der Waals surface area (Å²) in [5.74, 6) is 0.986. The average molecular weight is 345 g/mol. The SMILES string of the molecule is CC1=CC2=c3ccsc3=C3C=C(C)C=C4c5ccsc5C(=C1)C2C43. The van der Waals surface area contributed by atoms with E-state index in [4.69, 9.17) is 0 Å². The summed E-state index contributed by atoms with van der Waals surface area (Å²) >= 11 is 3.81. The van der Waals surface area contributed by atoms with Gasteiger partial charge < -0.3 is 0 Å². The summed E-state index contributed by atoms with van der Waals surface area (Å²) in [6.07, 6.45) is 9.72. The lowest BCUT2D eigenvalue weighted by molar-refractivity contribution is 0.717. The highest BCUT2D eigenvalue weighted by atomic mass is 32.1. The van der Waals surface area contributed by atoms with Crippen LogP contribution in [-0.4, -0.2) is 0 Å². The molecule has 0 nitrogen and oxygen atoms in total. The molecule has 0 spiro atoms. The fourth-order valence-corrected chi connectivity index (χ4v) is 6.85. The van der Waals surface area contributed by atoms with Crippen LogP contribution in [0.2, 0.25) is 0 Å². The predicted molar refractivity (Wildman–Crippen MR) is 105 cm³/mol. The Hall–Kier alpha value is -1.90. The van der Waals surface area contributed by atoms with Crippen LogP contribution in [0.25, 0.3) is 22.3 Å². The van der Waals surface area contributed by atoms with Gasteiger partial charge in [0.25, 0.3) is 0 Å². The van der Waals surface area contributed by atoms with Crippen molar-refractivity contribution in [2.24, 2.45) is 11.8 Å². The first-order chi connectivity index (χ1) is 11.7. The number of hydrogen-bond acceptors (Lipinski definition) is 2. The van der Waals surface area contributed by atoms with Gasteiger partial charge in [-0.05, 0) is 69.8 Å². The Labute approximate surface area is 149 Å². The van der Waals surface area contributed by atoms with Crippen molar-refractivity contribution in [1.29, 1.82) is 0 Å². The number of rotatable bonds is 0. The number of hydrogen-bond donors (Lipinski definition) is 0. The van der Waals surface area contributed by atoms with Crippen LogP contribution in [0.15, 0.2) is 58.3 Å². The summed E-state index contributed by atoms with van der Waals surface area (Å²) in [5, 5.41) is 5.99. The molecule has 0 radical (unpaired) electrons. The second-order valence-corrected chi connectivity index (χ2v) is 9.00. The molecule has 4 aliphatic rings. The molecule has 24 heavy (non-hydrogen) atoms. The second kappa shape index (κ2) is 4.38. The van der Waals surface area contributed by atoms with E-state index < -0.39 is 0 Å². The van der Waals surface area contributed by atoms with Crippen LogP contribution in [0.5, 0.6) is 0 Å². The number of thiophene rings is 2. The van der Waals surface area contributed by atoms with Crippen molar-refractivity contribution in [3.63, 3.8) is 0 Å². The molecule has 0 amide bonds. The molecule has 0 aliphatic heterocycles. The Morgan fingerprint density at radius 1 is 0.750 bits per heavy atom. The van der Waals surface area contributed by atoms with Crippen molar-refractivity contribution >= 4 is 45.0 Å². The van der Waals surface area contributed by atoms with Crippen molar-refractivity contribution < 1.29 is 0 Å². The van der Waals surface area contributed by atoms with Crippen molar-refractivity contribution in [3.8, 4) is 0 Å². The lowest BCUT2D eigenvalue weighted by Gasteiger charge is -2.42. The summed E-state index contributed by atoms with van der Waals surface area (Å²) in [4.78, 5) is 1.49. The minimum Gasteiger partial charge on any atom is -0.143 e. The van der Waals surface area contributed by atoms with Crippen LogP contribution in [0.1, 0.15) is 24.3 Å². The number of fused-ring (bicyclic) bond motifs is 4. The lowest BCUT2D eigenvalue weighted by atomic mass is 9.61. The molecular weight excluding hydrogens is 328 g/mol.